The Bertz CT molecular complexity index is 1330. The van der Waals surface area contributed by atoms with Crippen molar-refractivity contribution < 1.29 is 9.21 Å². The molecule has 3 heterocycles. The maximum Gasteiger partial charge on any atom is 0.297 e. The maximum atomic E-state index is 13.4. The van der Waals surface area contributed by atoms with Crippen molar-refractivity contribution in [2.24, 2.45) is 0 Å². The van der Waals surface area contributed by atoms with Crippen molar-refractivity contribution in [1.29, 1.82) is 0 Å². The van der Waals surface area contributed by atoms with E-state index in [4.69, 9.17) is 16.0 Å². The molecule has 0 spiro atoms. The number of aryl methyl sites for hydroxylation is 1. The smallest absolute Gasteiger partial charge is 0.297 e. The summed E-state index contributed by atoms with van der Waals surface area (Å²) in [7, 11) is 0. The second-order valence-corrected chi connectivity index (χ2v) is 8.50. The van der Waals surface area contributed by atoms with Gasteiger partial charge in [-0.3, -0.25) is 14.5 Å². The van der Waals surface area contributed by atoms with Crippen molar-refractivity contribution >= 4 is 44.9 Å². The van der Waals surface area contributed by atoms with Crippen LogP contribution in [-0.2, 0) is 6.42 Å². The third-order valence-corrected chi connectivity index (χ3v) is 6.32. The molecular weight excluding hydrogens is 422 g/mol. The Morgan fingerprint density at radius 2 is 1.87 bits per heavy atom. The minimum atomic E-state index is -0.659. The molecule has 6 nitrogen and oxygen atoms in total. The number of carbonyl (C=O) groups is 1. The lowest BCUT2D eigenvalue weighted by atomic mass is 9.99. The number of amides is 1. The Morgan fingerprint density at radius 3 is 2.63 bits per heavy atom. The number of hydrogen-bond donors (Lipinski definition) is 0. The lowest BCUT2D eigenvalue weighted by molar-refractivity contribution is 0.0970. The lowest BCUT2D eigenvalue weighted by Gasteiger charge is -2.22. The standard InChI is InChI=1S/C22H16ClN3O3S/c1-2-5-16-24-25-22(30-16)26-18(12-8-10-13(23)11-9-12)17-19(27)14-6-3-4-7-15(14)29-20(17)21(26)28/h3-4,6-11,18H,2,5H2,1H3. The molecule has 0 saturated heterocycles. The summed E-state index contributed by atoms with van der Waals surface area (Å²) in [5.74, 6) is -0.349. The van der Waals surface area contributed by atoms with Gasteiger partial charge in [-0.15, -0.1) is 10.2 Å². The predicted molar refractivity (Wildman–Crippen MR) is 116 cm³/mol. The van der Waals surface area contributed by atoms with Gasteiger partial charge in [0.2, 0.25) is 10.9 Å². The van der Waals surface area contributed by atoms with E-state index in [0.717, 1.165) is 23.4 Å². The highest BCUT2D eigenvalue weighted by atomic mass is 35.5. The number of aromatic nitrogens is 2. The number of anilines is 1. The molecule has 0 radical (unpaired) electrons. The fourth-order valence-electron chi connectivity index (χ4n) is 3.73. The summed E-state index contributed by atoms with van der Waals surface area (Å²) in [6.07, 6.45) is 1.70. The largest absolute Gasteiger partial charge is 0.450 e. The van der Waals surface area contributed by atoms with Crippen LogP contribution < -0.4 is 10.3 Å². The summed E-state index contributed by atoms with van der Waals surface area (Å²) in [5, 5.41) is 10.8. The van der Waals surface area contributed by atoms with Crippen LogP contribution in [0.15, 0.2) is 57.7 Å². The fraction of sp³-hybridized carbons (Fsp3) is 0.182. The zero-order valence-corrected chi connectivity index (χ0v) is 17.5. The van der Waals surface area contributed by atoms with Crippen LogP contribution in [0.5, 0.6) is 0 Å². The van der Waals surface area contributed by atoms with Gasteiger partial charge in [0.15, 0.2) is 5.43 Å². The minimum Gasteiger partial charge on any atom is -0.450 e. The first kappa shape index (κ1) is 19.0. The Hall–Kier alpha value is -3.03. The van der Waals surface area contributed by atoms with E-state index >= 15 is 0 Å². The average molecular weight is 438 g/mol. The van der Waals surface area contributed by atoms with E-state index in [9.17, 15) is 9.59 Å². The normalized spacial score (nSPS) is 15.7. The van der Waals surface area contributed by atoms with E-state index in [2.05, 4.69) is 17.1 Å². The predicted octanol–water partition coefficient (Wildman–Crippen LogP) is 5.00. The molecule has 2 aromatic carbocycles. The molecule has 30 heavy (non-hydrogen) atoms. The Kier molecular flexibility index (Phi) is 4.64. The van der Waals surface area contributed by atoms with E-state index in [1.54, 1.807) is 36.4 Å². The summed E-state index contributed by atoms with van der Waals surface area (Å²) in [6.45, 7) is 2.06. The third-order valence-electron chi connectivity index (χ3n) is 5.09. The van der Waals surface area contributed by atoms with Gasteiger partial charge in [0.1, 0.15) is 10.6 Å². The van der Waals surface area contributed by atoms with Crippen LogP contribution in [0.4, 0.5) is 5.13 Å². The minimum absolute atomic E-state index is 0.0471. The molecule has 150 valence electrons. The molecular formula is C22H16ClN3O3S. The number of halogens is 1. The van der Waals surface area contributed by atoms with Gasteiger partial charge in [-0.25, -0.2) is 0 Å². The van der Waals surface area contributed by atoms with Crippen molar-refractivity contribution in [2.75, 3.05) is 4.90 Å². The summed E-state index contributed by atoms with van der Waals surface area (Å²) in [5.41, 5.74) is 1.23. The Morgan fingerprint density at radius 1 is 1.10 bits per heavy atom. The summed E-state index contributed by atoms with van der Waals surface area (Å²) in [4.78, 5) is 28.3. The first-order valence-electron chi connectivity index (χ1n) is 9.55. The lowest BCUT2D eigenvalue weighted by Crippen LogP contribution is -2.29. The molecule has 2 aromatic heterocycles. The number of nitrogens with zero attached hydrogens (tertiary/aromatic N) is 3. The molecule has 5 rings (SSSR count). The number of benzene rings is 2. The van der Waals surface area contributed by atoms with E-state index in [1.165, 1.54) is 16.2 Å². The molecule has 1 amide bonds. The number of fused-ring (bicyclic) bond motifs is 2. The van der Waals surface area contributed by atoms with Crippen molar-refractivity contribution in [3.8, 4) is 0 Å². The highest BCUT2D eigenvalue weighted by molar-refractivity contribution is 7.15. The van der Waals surface area contributed by atoms with Gasteiger partial charge in [0.25, 0.3) is 5.91 Å². The number of rotatable bonds is 4. The molecule has 1 aliphatic heterocycles. The van der Waals surface area contributed by atoms with Crippen LogP contribution in [0.25, 0.3) is 11.0 Å². The first-order valence-corrected chi connectivity index (χ1v) is 10.7. The van der Waals surface area contributed by atoms with Gasteiger partial charge in [0, 0.05) is 11.4 Å². The van der Waals surface area contributed by atoms with E-state index in [1.807, 2.05) is 12.1 Å². The second kappa shape index (κ2) is 7.34. The fourth-order valence-corrected chi connectivity index (χ4v) is 4.83. The Labute approximate surface area is 180 Å². The Balaban J connectivity index is 1.76. The van der Waals surface area contributed by atoms with Gasteiger partial charge >= 0.3 is 0 Å². The molecule has 0 aliphatic carbocycles. The molecule has 0 fully saturated rings. The topological polar surface area (TPSA) is 76.3 Å². The molecule has 1 unspecified atom stereocenters. The second-order valence-electron chi connectivity index (χ2n) is 7.03. The zero-order valence-electron chi connectivity index (χ0n) is 16.0. The average Bonchev–Trinajstić information content (AvgIpc) is 3.32. The molecule has 4 aromatic rings. The van der Waals surface area contributed by atoms with Crippen molar-refractivity contribution in [2.45, 2.75) is 25.8 Å². The molecule has 0 N–H and O–H groups in total. The number of para-hydroxylation sites is 1. The molecule has 1 atom stereocenters. The van der Waals surface area contributed by atoms with Crippen LogP contribution in [0.2, 0.25) is 5.02 Å². The van der Waals surface area contributed by atoms with Crippen molar-refractivity contribution in [3.63, 3.8) is 0 Å². The van der Waals surface area contributed by atoms with Gasteiger partial charge in [-0.1, -0.05) is 54.1 Å². The van der Waals surface area contributed by atoms with Crippen LogP contribution in [0.1, 0.15) is 46.1 Å². The van der Waals surface area contributed by atoms with Gasteiger partial charge in [-0.2, -0.15) is 0 Å². The molecule has 0 saturated carbocycles. The number of carbonyl (C=O) groups excluding carboxylic acids is 1. The highest BCUT2D eigenvalue weighted by Gasteiger charge is 2.45. The van der Waals surface area contributed by atoms with Crippen molar-refractivity contribution in [1.82, 2.24) is 10.2 Å². The van der Waals surface area contributed by atoms with Gasteiger partial charge in [0.05, 0.1) is 17.0 Å². The maximum absolute atomic E-state index is 13.4. The van der Waals surface area contributed by atoms with Gasteiger partial charge < -0.3 is 4.42 Å². The number of hydrogen-bond acceptors (Lipinski definition) is 6. The summed E-state index contributed by atoms with van der Waals surface area (Å²) in [6, 6.07) is 13.4. The van der Waals surface area contributed by atoms with Crippen LogP contribution in [-0.4, -0.2) is 16.1 Å². The zero-order chi connectivity index (χ0) is 20.8. The molecule has 0 bridgehead atoms. The van der Waals surface area contributed by atoms with Crippen molar-refractivity contribution in [3.05, 3.63) is 85.7 Å². The van der Waals surface area contributed by atoms with E-state index in [-0.39, 0.29) is 11.2 Å². The van der Waals surface area contributed by atoms with Gasteiger partial charge in [-0.05, 0) is 36.2 Å². The summed E-state index contributed by atoms with van der Waals surface area (Å²) < 4.78 is 5.92. The highest BCUT2D eigenvalue weighted by Crippen LogP contribution is 2.42. The quantitative estimate of drug-likeness (QED) is 0.449. The van der Waals surface area contributed by atoms with Crippen LogP contribution in [0.3, 0.4) is 0 Å². The SMILES string of the molecule is CCCc1nnc(N2C(=O)c3oc4ccccc4c(=O)c3C2c2ccc(Cl)cc2)s1. The molecule has 8 heteroatoms. The van der Waals surface area contributed by atoms with Crippen LogP contribution >= 0.6 is 22.9 Å². The third kappa shape index (κ3) is 2.93. The van der Waals surface area contributed by atoms with Crippen LogP contribution in [0, 0.1) is 0 Å². The van der Waals surface area contributed by atoms with E-state index in [0.29, 0.717) is 26.7 Å². The summed E-state index contributed by atoms with van der Waals surface area (Å²) >= 11 is 7.42. The van der Waals surface area contributed by atoms with E-state index < -0.39 is 11.9 Å². The monoisotopic (exact) mass is 437 g/mol. The molecule has 1 aliphatic rings. The first-order chi connectivity index (χ1) is 14.6.